The van der Waals surface area contributed by atoms with Crippen LogP contribution in [0.3, 0.4) is 0 Å². The molecule has 0 aromatic heterocycles. The molecule has 1 atom stereocenters. The zero-order chi connectivity index (χ0) is 11.7. The fraction of sp³-hybridized carbons (Fsp3) is 0.700. The minimum absolute atomic E-state index is 0.0274. The number of rotatable bonds is 1. The van der Waals surface area contributed by atoms with Crippen molar-refractivity contribution in [2.75, 3.05) is 24.7 Å². The van der Waals surface area contributed by atoms with Crippen LogP contribution in [-0.2, 0) is 14.4 Å². The Bertz CT molecular complexity index is 339. The van der Waals surface area contributed by atoms with Gasteiger partial charge in [-0.2, -0.15) is 0 Å². The van der Waals surface area contributed by atoms with Crippen LogP contribution in [0.2, 0.25) is 0 Å². The second-order valence-electron chi connectivity index (χ2n) is 4.04. The highest BCUT2D eigenvalue weighted by molar-refractivity contribution is 7.99. The molecule has 0 aliphatic carbocycles. The summed E-state index contributed by atoms with van der Waals surface area (Å²) in [7, 11) is 0. The third-order valence-electron chi connectivity index (χ3n) is 2.90. The molecular weight excluding hydrogens is 228 g/mol. The number of hydrogen-bond acceptors (Lipinski definition) is 4. The first-order chi connectivity index (χ1) is 7.59. The summed E-state index contributed by atoms with van der Waals surface area (Å²) in [5.41, 5.74) is 0. The predicted molar refractivity (Wildman–Crippen MR) is 59.8 cm³/mol. The lowest BCUT2D eigenvalue weighted by Gasteiger charge is -2.25. The Balaban J connectivity index is 2.09. The Morgan fingerprint density at radius 3 is 2.75 bits per heavy atom. The second-order valence-corrected chi connectivity index (χ2v) is 5.12. The molecule has 0 N–H and O–H groups in total. The molecule has 0 radical (unpaired) electrons. The molecule has 2 aliphatic rings. The Hall–Kier alpha value is -1.04. The number of likely N-dealkylation sites (tertiary alicyclic amines) is 1. The molecule has 0 aromatic rings. The van der Waals surface area contributed by atoms with Gasteiger partial charge in [0.15, 0.2) is 5.78 Å². The summed E-state index contributed by atoms with van der Waals surface area (Å²) in [6.45, 7) is 2.21. The third kappa shape index (κ3) is 2.07. The van der Waals surface area contributed by atoms with Crippen LogP contribution >= 0.6 is 11.8 Å². The van der Waals surface area contributed by atoms with Crippen LogP contribution in [0.4, 0.5) is 0 Å². The lowest BCUT2D eigenvalue weighted by molar-refractivity contribution is -0.141. The lowest BCUT2D eigenvalue weighted by atomic mass is 10.2. The summed E-state index contributed by atoms with van der Waals surface area (Å²) in [6, 6.07) is -0.552. The molecule has 2 rings (SSSR count). The molecule has 0 bridgehead atoms. The summed E-state index contributed by atoms with van der Waals surface area (Å²) in [5, 5.41) is 0. The number of carbonyl (C=O) groups excluding carboxylic acids is 3. The van der Waals surface area contributed by atoms with Gasteiger partial charge in [-0.25, -0.2) is 0 Å². The van der Waals surface area contributed by atoms with Gasteiger partial charge in [0.05, 0.1) is 12.4 Å². The number of ketones is 1. The highest BCUT2D eigenvalue weighted by Gasteiger charge is 2.39. The first-order valence-corrected chi connectivity index (χ1v) is 6.40. The number of thioether (sulfide) groups is 1. The van der Waals surface area contributed by atoms with Crippen LogP contribution in [0.15, 0.2) is 0 Å². The smallest absolute Gasteiger partial charge is 0.246 e. The Labute approximate surface area is 98.1 Å². The second kappa shape index (κ2) is 4.45. The summed E-state index contributed by atoms with van der Waals surface area (Å²) in [6.07, 6.45) is 0.180. The standard InChI is InChI=1S/C10H14N2O3S/c1-7(13)12-5-8(14)4-9(12)10(15)11-2-3-16-6-11/h9H,2-6H2,1H3/t9-/m0/s1. The fourth-order valence-corrected chi connectivity index (χ4v) is 3.00. The minimum Gasteiger partial charge on any atom is -0.331 e. The van der Waals surface area contributed by atoms with Crippen LogP contribution in [0.1, 0.15) is 13.3 Å². The van der Waals surface area contributed by atoms with Crippen molar-refractivity contribution in [3.8, 4) is 0 Å². The van der Waals surface area contributed by atoms with Crippen LogP contribution in [0, 0.1) is 0 Å². The van der Waals surface area contributed by atoms with Crippen molar-refractivity contribution in [1.29, 1.82) is 0 Å². The van der Waals surface area contributed by atoms with E-state index in [2.05, 4.69) is 0 Å². The first-order valence-electron chi connectivity index (χ1n) is 5.25. The molecule has 2 saturated heterocycles. The minimum atomic E-state index is -0.552. The average molecular weight is 242 g/mol. The molecule has 5 nitrogen and oxygen atoms in total. The van der Waals surface area contributed by atoms with Crippen LogP contribution in [0.5, 0.6) is 0 Å². The van der Waals surface area contributed by atoms with Crippen molar-refractivity contribution in [2.45, 2.75) is 19.4 Å². The van der Waals surface area contributed by atoms with Crippen molar-refractivity contribution in [2.24, 2.45) is 0 Å². The van der Waals surface area contributed by atoms with E-state index < -0.39 is 6.04 Å². The number of Topliss-reactive ketones (excluding diaryl/α,β-unsaturated/α-hetero) is 1. The van der Waals surface area contributed by atoms with E-state index in [9.17, 15) is 14.4 Å². The lowest BCUT2D eigenvalue weighted by Crippen LogP contribution is -2.46. The van der Waals surface area contributed by atoms with Gasteiger partial charge in [-0.3, -0.25) is 14.4 Å². The van der Waals surface area contributed by atoms with Gasteiger partial charge in [-0.05, 0) is 0 Å². The number of nitrogens with zero attached hydrogens (tertiary/aromatic N) is 2. The molecule has 0 saturated carbocycles. The van der Waals surface area contributed by atoms with E-state index >= 15 is 0 Å². The molecule has 0 aromatic carbocycles. The predicted octanol–water partition coefficient (Wildman–Crippen LogP) is -0.291. The van der Waals surface area contributed by atoms with Crippen molar-refractivity contribution in [3.05, 3.63) is 0 Å². The van der Waals surface area contributed by atoms with E-state index in [1.54, 1.807) is 16.7 Å². The van der Waals surface area contributed by atoms with Crippen molar-refractivity contribution in [1.82, 2.24) is 9.80 Å². The van der Waals surface area contributed by atoms with E-state index in [1.165, 1.54) is 11.8 Å². The number of hydrogen-bond donors (Lipinski definition) is 0. The zero-order valence-corrected chi connectivity index (χ0v) is 9.96. The van der Waals surface area contributed by atoms with Gasteiger partial charge >= 0.3 is 0 Å². The van der Waals surface area contributed by atoms with Crippen molar-refractivity contribution < 1.29 is 14.4 Å². The monoisotopic (exact) mass is 242 g/mol. The average Bonchev–Trinajstić information content (AvgIpc) is 2.84. The Morgan fingerprint density at radius 1 is 1.44 bits per heavy atom. The number of carbonyl (C=O) groups is 3. The molecule has 2 fully saturated rings. The summed E-state index contributed by atoms with van der Waals surface area (Å²) in [4.78, 5) is 37.8. The Morgan fingerprint density at radius 2 is 2.19 bits per heavy atom. The van der Waals surface area contributed by atoms with Crippen LogP contribution < -0.4 is 0 Å². The van der Waals surface area contributed by atoms with Crippen LogP contribution in [0.25, 0.3) is 0 Å². The third-order valence-corrected chi connectivity index (χ3v) is 3.86. The molecule has 0 unspecified atom stereocenters. The molecule has 6 heteroatoms. The van der Waals surface area contributed by atoms with E-state index in [-0.39, 0.29) is 30.6 Å². The summed E-state index contributed by atoms with van der Waals surface area (Å²) < 4.78 is 0. The Kier molecular flexibility index (Phi) is 3.18. The van der Waals surface area contributed by atoms with Gasteiger partial charge in [-0.15, -0.1) is 11.8 Å². The van der Waals surface area contributed by atoms with Crippen molar-refractivity contribution >= 4 is 29.4 Å². The highest BCUT2D eigenvalue weighted by Crippen LogP contribution is 2.21. The van der Waals surface area contributed by atoms with E-state index in [0.29, 0.717) is 5.88 Å². The molecule has 88 valence electrons. The van der Waals surface area contributed by atoms with Crippen LogP contribution in [-0.4, -0.2) is 58.2 Å². The molecule has 2 amide bonds. The van der Waals surface area contributed by atoms with Gasteiger partial charge in [0.25, 0.3) is 0 Å². The molecular formula is C10H14N2O3S. The highest BCUT2D eigenvalue weighted by atomic mass is 32.2. The maximum absolute atomic E-state index is 12.1. The normalized spacial score (nSPS) is 25.3. The maximum Gasteiger partial charge on any atom is 0.246 e. The molecule has 2 aliphatic heterocycles. The zero-order valence-electron chi connectivity index (χ0n) is 9.14. The fourth-order valence-electron chi connectivity index (χ4n) is 2.04. The van der Waals surface area contributed by atoms with Gasteiger partial charge in [0, 0.05) is 25.6 Å². The van der Waals surface area contributed by atoms with E-state index in [1.807, 2.05) is 0 Å². The quantitative estimate of drug-likeness (QED) is 0.634. The largest absolute Gasteiger partial charge is 0.331 e. The molecule has 2 heterocycles. The van der Waals surface area contributed by atoms with E-state index in [4.69, 9.17) is 0 Å². The topological polar surface area (TPSA) is 57.7 Å². The van der Waals surface area contributed by atoms with E-state index in [0.717, 1.165) is 12.3 Å². The summed E-state index contributed by atoms with van der Waals surface area (Å²) >= 11 is 1.70. The summed E-state index contributed by atoms with van der Waals surface area (Å²) in [5.74, 6) is 1.31. The molecule has 16 heavy (non-hydrogen) atoms. The van der Waals surface area contributed by atoms with Gasteiger partial charge in [-0.1, -0.05) is 0 Å². The van der Waals surface area contributed by atoms with Gasteiger partial charge < -0.3 is 9.80 Å². The molecule has 0 spiro atoms. The number of amides is 2. The van der Waals surface area contributed by atoms with Gasteiger partial charge in [0.1, 0.15) is 6.04 Å². The SMILES string of the molecule is CC(=O)N1CC(=O)C[C@H]1C(=O)N1CCSC1. The van der Waals surface area contributed by atoms with Crippen molar-refractivity contribution in [3.63, 3.8) is 0 Å². The first kappa shape index (κ1) is 11.4. The van der Waals surface area contributed by atoms with Gasteiger partial charge in [0.2, 0.25) is 11.8 Å². The maximum atomic E-state index is 12.1.